The van der Waals surface area contributed by atoms with E-state index in [1.165, 1.54) is 0 Å². The minimum Gasteiger partial charge on any atom is -0.493 e. The average molecular weight is 300 g/mol. The standard InChI is InChI=1S/C15H16N4OS/c1-4-20-12-8-6-5-7-11(12)14-17-15(21)13-9(2)16-10(3)19(13)18-14/h5-8H,4H2,1-3H3,(H,17,18,21). The first-order valence-corrected chi connectivity index (χ1v) is 7.20. The Kier molecular flexibility index (Phi) is 3.47. The summed E-state index contributed by atoms with van der Waals surface area (Å²) in [6.07, 6.45) is 0. The number of aryl methyl sites for hydroxylation is 2. The molecule has 0 bridgehead atoms. The quantitative estimate of drug-likeness (QED) is 0.753. The zero-order valence-corrected chi connectivity index (χ0v) is 13.0. The molecule has 6 heteroatoms. The minimum atomic E-state index is 0.535. The Morgan fingerprint density at radius 1 is 1.24 bits per heavy atom. The van der Waals surface area contributed by atoms with Crippen LogP contribution < -0.4 is 4.74 Å². The highest BCUT2D eigenvalue weighted by Crippen LogP contribution is 2.27. The number of H-pyrrole nitrogens is 1. The minimum absolute atomic E-state index is 0.535. The van der Waals surface area contributed by atoms with Crippen LogP contribution >= 0.6 is 12.2 Å². The molecule has 0 saturated heterocycles. The molecule has 5 nitrogen and oxygen atoms in total. The van der Waals surface area contributed by atoms with Gasteiger partial charge < -0.3 is 4.74 Å². The van der Waals surface area contributed by atoms with Gasteiger partial charge in [0.1, 0.15) is 17.1 Å². The predicted molar refractivity (Wildman–Crippen MR) is 84.3 cm³/mol. The van der Waals surface area contributed by atoms with Crippen molar-refractivity contribution in [2.24, 2.45) is 0 Å². The highest BCUT2D eigenvalue weighted by atomic mass is 32.1. The lowest BCUT2D eigenvalue weighted by Crippen LogP contribution is -2.02. The molecule has 108 valence electrons. The summed E-state index contributed by atoms with van der Waals surface area (Å²) in [6.45, 7) is 6.42. The molecule has 0 spiro atoms. The van der Waals surface area contributed by atoms with E-state index in [-0.39, 0.29) is 0 Å². The van der Waals surface area contributed by atoms with Gasteiger partial charge >= 0.3 is 0 Å². The van der Waals surface area contributed by atoms with Crippen LogP contribution in [0.2, 0.25) is 0 Å². The Morgan fingerprint density at radius 2 is 2.00 bits per heavy atom. The van der Waals surface area contributed by atoms with Gasteiger partial charge in [-0.3, -0.25) is 5.10 Å². The molecular formula is C15H16N4OS. The predicted octanol–water partition coefficient (Wildman–Crippen LogP) is 3.47. The Bertz CT molecular complexity index is 866. The van der Waals surface area contributed by atoms with E-state index in [1.807, 2.05) is 49.6 Å². The molecule has 1 N–H and O–H groups in total. The van der Waals surface area contributed by atoms with E-state index < -0.39 is 0 Å². The van der Waals surface area contributed by atoms with Crippen molar-refractivity contribution in [3.63, 3.8) is 0 Å². The van der Waals surface area contributed by atoms with E-state index in [0.29, 0.717) is 17.1 Å². The van der Waals surface area contributed by atoms with Gasteiger partial charge in [0.2, 0.25) is 0 Å². The van der Waals surface area contributed by atoms with Crippen molar-refractivity contribution in [2.45, 2.75) is 20.8 Å². The highest BCUT2D eigenvalue weighted by molar-refractivity contribution is 7.71. The van der Waals surface area contributed by atoms with Crippen LogP contribution in [-0.2, 0) is 0 Å². The van der Waals surface area contributed by atoms with Crippen LogP contribution in [0.1, 0.15) is 18.4 Å². The van der Waals surface area contributed by atoms with Gasteiger partial charge in [-0.2, -0.15) is 0 Å². The largest absolute Gasteiger partial charge is 0.493 e. The van der Waals surface area contributed by atoms with Crippen molar-refractivity contribution in [1.82, 2.24) is 19.6 Å². The molecule has 0 aliphatic heterocycles. The first-order chi connectivity index (χ1) is 10.1. The molecule has 0 unspecified atom stereocenters. The van der Waals surface area contributed by atoms with Gasteiger partial charge in [0, 0.05) is 0 Å². The lowest BCUT2D eigenvalue weighted by molar-refractivity contribution is 0.341. The molecule has 0 amide bonds. The number of hydrogen-bond donors (Lipinski definition) is 1. The maximum absolute atomic E-state index is 5.66. The second kappa shape index (κ2) is 5.29. The number of para-hydroxylation sites is 1. The molecule has 0 atom stereocenters. The smallest absolute Gasteiger partial charge is 0.157 e. The van der Waals surface area contributed by atoms with Crippen molar-refractivity contribution in [3.8, 4) is 17.1 Å². The Balaban J connectivity index is 2.27. The summed E-state index contributed by atoms with van der Waals surface area (Å²) < 4.78 is 8.07. The number of fused-ring (bicyclic) bond motifs is 1. The number of ether oxygens (including phenoxy) is 1. The van der Waals surface area contributed by atoms with Gasteiger partial charge in [-0.05, 0) is 32.9 Å². The number of rotatable bonds is 3. The van der Waals surface area contributed by atoms with E-state index in [0.717, 1.165) is 28.3 Å². The first kappa shape index (κ1) is 13.8. The number of nitrogens with zero attached hydrogens (tertiary/aromatic N) is 3. The van der Waals surface area contributed by atoms with Gasteiger partial charge in [-0.1, -0.05) is 24.4 Å². The van der Waals surface area contributed by atoms with Crippen LogP contribution in [-0.4, -0.2) is 26.2 Å². The molecule has 2 aromatic heterocycles. The van der Waals surface area contributed by atoms with Crippen molar-refractivity contribution >= 4 is 17.7 Å². The maximum atomic E-state index is 5.66. The van der Waals surface area contributed by atoms with Crippen molar-refractivity contribution in [3.05, 3.63) is 40.4 Å². The van der Waals surface area contributed by atoms with Gasteiger partial charge in [0.15, 0.2) is 10.5 Å². The lowest BCUT2D eigenvalue weighted by Gasteiger charge is -2.10. The van der Waals surface area contributed by atoms with Gasteiger partial charge in [0.05, 0.1) is 17.9 Å². The second-order valence-corrected chi connectivity index (χ2v) is 5.12. The molecule has 2 heterocycles. The summed E-state index contributed by atoms with van der Waals surface area (Å²) >= 11 is 5.42. The van der Waals surface area contributed by atoms with Crippen LogP contribution in [0.25, 0.3) is 16.9 Å². The zero-order chi connectivity index (χ0) is 15.0. The fraction of sp³-hybridized carbons (Fsp3) is 0.267. The fourth-order valence-corrected chi connectivity index (χ4v) is 2.74. The van der Waals surface area contributed by atoms with Crippen molar-refractivity contribution < 1.29 is 4.74 Å². The summed E-state index contributed by atoms with van der Waals surface area (Å²) in [4.78, 5) is 8.95. The van der Waals surface area contributed by atoms with Gasteiger partial charge in [-0.15, -0.1) is 0 Å². The summed E-state index contributed by atoms with van der Waals surface area (Å²) in [7, 11) is 0. The molecule has 3 aromatic rings. The molecule has 1 aromatic carbocycles. The number of aromatic amines is 1. The van der Waals surface area contributed by atoms with Crippen LogP contribution in [0.4, 0.5) is 0 Å². The molecular weight excluding hydrogens is 284 g/mol. The summed E-state index contributed by atoms with van der Waals surface area (Å²) in [5, 5.41) is 3.27. The summed E-state index contributed by atoms with van der Waals surface area (Å²) in [5.74, 6) is 2.31. The van der Waals surface area contributed by atoms with Crippen LogP contribution in [0.3, 0.4) is 0 Å². The maximum Gasteiger partial charge on any atom is 0.157 e. The summed E-state index contributed by atoms with van der Waals surface area (Å²) in [5.41, 5.74) is 2.61. The molecule has 3 rings (SSSR count). The Morgan fingerprint density at radius 3 is 2.76 bits per heavy atom. The van der Waals surface area contributed by atoms with E-state index in [4.69, 9.17) is 17.0 Å². The number of hydrogen-bond acceptors (Lipinski definition) is 4. The number of nitrogens with one attached hydrogen (secondary N) is 1. The summed E-state index contributed by atoms with van der Waals surface area (Å²) in [6, 6.07) is 7.78. The van der Waals surface area contributed by atoms with E-state index >= 15 is 0 Å². The van der Waals surface area contributed by atoms with Crippen LogP contribution in [0, 0.1) is 18.5 Å². The van der Waals surface area contributed by atoms with Crippen molar-refractivity contribution in [2.75, 3.05) is 6.61 Å². The monoisotopic (exact) mass is 300 g/mol. The number of benzene rings is 1. The number of imidazole rings is 1. The average Bonchev–Trinajstić information content (AvgIpc) is 2.75. The second-order valence-electron chi connectivity index (χ2n) is 4.73. The van der Waals surface area contributed by atoms with E-state index in [1.54, 1.807) is 0 Å². The molecule has 0 aliphatic carbocycles. The lowest BCUT2D eigenvalue weighted by atomic mass is 10.2. The zero-order valence-electron chi connectivity index (χ0n) is 12.2. The third kappa shape index (κ3) is 2.31. The van der Waals surface area contributed by atoms with E-state index in [9.17, 15) is 0 Å². The highest BCUT2D eigenvalue weighted by Gasteiger charge is 2.12. The normalized spacial score (nSPS) is 11.0. The third-order valence-electron chi connectivity index (χ3n) is 3.30. The SMILES string of the molecule is CCOc1ccccc1-c1nc(=S)c2c(C)nc(C)n2[nH]1. The first-order valence-electron chi connectivity index (χ1n) is 6.80. The number of aromatic nitrogens is 4. The fourth-order valence-electron chi connectivity index (χ4n) is 2.41. The molecule has 21 heavy (non-hydrogen) atoms. The van der Waals surface area contributed by atoms with Crippen molar-refractivity contribution in [1.29, 1.82) is 0 Å². The van der Waals surface area contributed by atoms with E-state index in [2.05, 4.69) is 15.1 Å². The van der Waals surface area contributed by atoms with Gasteiger partial charge in [-0.25, -0.2) is 14.5 Å². The third-order valence-corrected chi connectivity index (χ3v) is 3.58. The Hall–Kier alpha value is -2.21. The molecule has 0 fully saturated rings. The Labute approximate surface area is 127 Å². The van der Waals surface area contributed by atoms with Gasteiger partial charge in [0.25, 0.3) is 0 Å². The molecule has 0 aliphatic rings. The molecule has 0 saturated carbocycles. The van der Waals surface area contributed by atoms with Crippen LogP contribution in [0.5, 0.6) is 5.75 Å². The molecule has 0 radical (unpaired) electrons. The topological polar surface area (TPSA) is 55.2 Å². The van der Waals surface area contributed by atoms with Crippen LogP contribution in [0.15, 0.2) is 24.3 Å².